The Morgan fingerprint density at radius 1 is 1.00 bits per heavy atom. The third kappa shape index (κ3) is 5.28. The third-order valence-electron chi connectivity index (χ3n) is 2.62. The van der Waals surface area contributed by atoms with Crippen LogP contribution < -0.4 is 4.74 Å². The van der Waals surface area contributed by atoms with Crippen LogP contribution in [0.15, 0.2) is 54.6 Å². The maximum atomic E-state index is 11.0. The van der Waals surface area contributed by atoms with Crippen LogP contribution in [0.1, 0.15) is 27.6 Å². The van der Waals surface area contributed by atoms with E-state index in [0.717, 1.165) is 0 Å². The van der Waals surface area contributed by atoms with Crippen LogP contribution in [0.25, 0.3) is 0 Å². The molecule has 0 aliphatic carbocycles. The summed E-state index contributed by atoms with van der Waals surface area (Å²) in [6.07, 6.45) is 0. The van der Waals surface area contributed by atoms with E-state index in [2.05, 4.69) is 0 Å². The predicted octanol–water partition coefficient (Wildman–Crippen LogP) is 3.26. The Bertz CT molecular complexity index is 607. The van der Waals surface area contributed by atoms with Gasteiger partial charge >= 0.3 is 11.9 Å². The van der Waals surface area contributed by atoms with E-state index in [4.69, 9.17) is 14.6 Å². The molecule has 116 valence electrons. The average Bonchev–Trinajstić information content (AvgIpc) is 2.56. The Labute approximate surface area is 129 Å². The van der Waals surface area contributed by atoms with Gasteiger partial charge in [-0.15, -0.1) is 0 Å². The number of aromatic carboxylic acids is 1. The number of carboxylic acid groups (broad SMARTS) is 1. The minimum atomic E-state index is -0.970. The molecule has 0 amide bonds. The summed E-state index contributed by atoms with van der Waals surface area (Å²) >= 11 is 0. The molecule has 5 nitrogen and oxygen atoms in total. The van der Waals surface area contributed by atoms with Crippen molar-refractivity contribution in [1.82, 2.24) is 0 Å². The first-order valence-electron chi connectivity index (χ1n) is 6.68. The second-order valence-electron chi connectivity index (χ2n) is 4.09. The van der Waals surface area contributed by atoms with Gasteiger partial charge < -0.3 is 14.6 Å². The van der Waals surface area contributed by atoms with Crippen LogP contribution in [0.3, 0.4) is 0 Å². The maximum Gasteiger partial charge on any atom is 0.339 e. The van der Waals surface area contributed by atoms with Gasteiger partial charge in [-0.25, -0.2) is 9.59 Å². The summed E-state index contributed by atoms with van der Waals surface area (Å²) in [5.74, 6) is -0.837. The average molecular weight is 302 g/mol. The molecule has 1 N–H and O–H groups in total. The van der Waals surface area contributed by atoms with Crippen molar-refractivity contribution in [2.24, 2.45) is 0 Å². The van der Waals surface area contributed by atoms with E-state index in [0.29, 0.717) is 17.9 Å². The number of para-hydroxylation sites is 1. The van der Waals surface area contributed by atoms with Gasteiger partial charge in [0, 0.05) is 0 Å². The molecular weight excluding hydrogens is 284 g/mol. The molecule has 0 heterocycles. The highest BCUT2D eigenvalue weighted by molar-refractivity contribution is 5.90. The van der Waals surface area contributed by atoms with Crippen molar-refractivity contribution in [3.8, 4) is 5.75 Å². The molecule has 2 aromatic rings. The van der Waals surface area contributed by atoms with E-state index in [-0.39, 0.29) is 11.5 Å². The molecule has 22 heavy (non-hydrogen) atoms. The minimum Gasteiger partial charge on any atom is -0.496 e. The number of carbonyl (C=O) groups is 2. The summed E-state index contributed by atoms with van der Waals surface area (Å²) in [6.45, 7) is 2.22. The first-order valence-corrected chi connectivity index (χ1v) is 6.68. The van der Waals surface area contributed by atoms with Crippen molar-refractivity contribution >= 4 is 11.9 Å². The van der Waals surface area contributed by atoms with Crippen LogP contribution in [0.2, 0.25) is 0 Å². The molecule has 2 rings (SSSR count). The van der Waals surface area contributed by atoms with Gasteiger partial charge in [0.2, 0.25) is 0 Å². The third-order valence-corrected chi connectivity index (χ3v) is 2.62. The number of hydrogen-bond donors (Lipinski definition) is 1. The lowest BCUT2D eigenvalue weighted by Gasteiger charge is -2.01. The first kappa shape index (κ1) is 17.2. The fourth-order valence-electron chi connectivity index (χ4n) is 1.61. The molecule has 0 aromatic heterocycles. The van der Waals surface area contributed by atoms with E-state index >= 15 is 0 Å². The molecule has 0 spiro atoms. The van der Waals surface area contributed by atoms with Crippen molar-refractivity contribution in [3.63, 3.8) is 0 Å². The standard InChI is InChI=1S/C9H10O2.C8H8O3/c1-2-11-9(10)8-6-4-3-5-7-8;1-11-7-5-3-2-4-6(7)8(9)10/h3-7H,2H2,1H3;2-5H,1H3,(H,9,10). The molecule has 2 aromatic carbocycles. The second-order valence-corrected chi connectivity index (χ2v) is 4.09. The Morgan fingerprint density at radius 2 is 1.59 bits per heavy atom. The van der Waals surface area contributed by atoms with Gasteiger partial charge in [-0.2, -0.15) is 0 Å². The number of esters is 1. The smallest absolute Gasteiger partial charge is 0.339 e. The van der Waals surface area contributed by atoms with E-state index in [1.165, 1.54) is 13.2 Å². The zero-order chi connectivity index (χ0) is 16.4. The normalized spacial score (nSPS) is 9.18. The minimum absolute atomic E-state index is 0.190. The van der Waals surface area contributed by atoms with Crippen molar-refractivity contribution < 1.29 is 24.2 Å². The molecule has 0 fully saturated rings. The second kappa shape index (κ2) is 9.18. The predicted molar refractivity (Wildman–Crippen MR) is 82.4 cm³/mol. The number of benzene rings is 2. The van der Waals surface area contributed by atoms with Gasteiger partial charge in [-0.1, -0.05) is 30.3 Å². The van der Waals surface area contributed by atoms with E-state index < -0.39 is 5.97 Å². The van der Waals surface area contributed by atoms with Gasteiger partial charge in [0.1, 0.15) is 11.3 Å². The monoisotopic (exact) mass is 302 g/mol. The van der Waals surface area contributed by atoms with Gasteiger partial charge in [0.05, 0.1) is 19.3 Å². The summed E-state index contributed by atoms with van der Waals surface area (Å²) in [7, 11) is 1.45. The van der Waals surface area contributed by atoms with E-state index in [1.54, 1.807) is 37.3 Å². The Morgan fingerprint density at radius 3 is 2.09 bits per heavy atom. The largest absolute Gasteiger partial charge is 0.496 e. The number of ether oxygens (including phenoxy) is 2. The van der Waals surface area contributed by atoms with Gasteiger partial charge in [-0.05, 0) is 31.2 Å². The maximum absolute atomic E-state index is 11.0. The molecule has 0 saturated heterocycles. The lowest BCUT2D eigenvalue weighted by atomic mass is 10.2. The van der Waals surface area contributed by atoms with Gasteiger partial charge in [0.15, 0.2) is 0 Å². The summed E-state index contributed by atoms with van der Waals surface area (Å²) in [5.41, 5.74) is 0.796. The van der Waals surface area contributed by atoms with Gasteiger partial charge in [-0.3, -0.25) is 0 Å². The topological polar surface area (TPSA) is 72.8 Å². The molecule has 5 heteroatoms. The highest BCUT2D eigenvalue weighted by Crippen LogP contribution is 2.16. The van der Waals surface area contributed by atoms with Crippen molar-refractivity contribution in [3.05, 3.63) is 65.7 Å². The molecule has 0 aliphatic rings. The Kier molecular flexibility index (Phi) is 7.19. The van der Waals surface area contributed by atoms with Crippen LogP contribution in [0, 0.1) is 0 Å². The molecule has 0 aliphatic heterocycles. The molecule has 0 bridgehead atoms. The summed E-state index contributed by atoms with van der Waals surface area (Å²) < 4.78 is 9.61. The highest BCUT2D eigenvalue weighted by atomic mass is 16.5. The number of methoxy groups -OCH3 is 1. The number of carboxylic acids is 1. The van der Waals surface area contributed by atoms with Crippen LogP contribution in [-0.2, 0) is 4.74 Å². The van der Waals surface area contributed by atoms with Crippen molar-refractivity contribution in [2.45, 2.75) is 6.92 Å². The van der Waals surface area contributed by atoms with E-state index in [9.17, 15) is 9.59 Å². The number of rotatable bonds is 4. The SMILES string of the molecule is CCOC(=O)c1ccccc1.COc1ccccc1C(=O)O. The van der Waals surface area contributed by atoms with Crippen LogP contribution in [-0.4, -0.2) is 30.8 Å². The molecule has 0 unspecified atom stereocenters. The molecule has 0 atom stereocenters. The quantitative estimate of drug-likeness (QED) is 0.878. The van der Waals surface area contributed by atoms with Gasteiger partial charge in [0.25, 0.3) is 0 Å². The molecule has 0 saturated carbocycles. The lowest BCUT2D eigenvalue weighted by molar-refractivity contribution is 0.0525. The number of carbonyl (C=O) groups excluding carboxylic acids is 1. The summed E-state index contributed by atoms with van der Waals surface area (Å²) in [4.78, 5) is 21.5. The zero-order valence-corrected chi connectivity index (χ0v) is 12.5. The van der Waals surface area contributed by atoms with E-state index in [1.807, 2.05) is 18.2 Å². The summed E-state index contributed by atoms with van der Waals surface area (Å²) in [5, 5.41) is 8.62. The fraction of sp³-hybridized carbons (Fsp3) is 0.176. The highest BCUT2D eigenvalue weighted by Gasteiger charge is 2.07. The fourth-order valence-corrected chi connectivity index (χ4v) is 1.61. The van der Waals surface area contributed by atoms with Crippen LogP contribution >= 0.6 is 0 Å². The van der Waals surface area contributed by atoms with Crippen LogP contribution in [0.4, 0.5) is 0 Å². The molecular formula is C17H18O5. The van der Waals surface area contributed by atoms with Crippen molar-refractivity contribution in [1.29, 1.82) is 0 Å². The molecule has 0 radical (unpaired) electrons. The number of hydrogen-bond acceptors (Lipinski definition) is 4. The summed E-state index contributed by atoms with van der Waals surface area (Å²) in [6, 6.07) is 15.5. The van der Waals surface area contributed by atoms with Crippen LogP contribution in [0.5, 0.6) is 5.75 Å². The Hall–Kier alpha value is -2.82. The first-order chi connectivity index (χ1) is 10.6. The van der Waals surface area contributed by atoms with Crippen molar-refractivity contribution in [2.75, 3.05) is 13.7 Å². The Balaban J connectivity index is 0.000000220. The zero-order valence-electron chi connectivity index (χ0n) is 12.5. The lowest BCUT2D eigenvalue weighted by Crippen LogP contribution is -2.03.